The summed E-state index contributed by atoms with van der Waals surface area (Å²) in [6.45, 7) is 1.39. The number of nitrogens with one attached hydrogen (secondary N) is 1. The minimum Gasteiger partial charge on any atom is -0.465 e. The summed E-state index contributed by atoms with van der Waals surface area (Å²) in [5.41, 5.74) is 0.630. The van der Waals surface area contributed by atoms with Crippen LogP contribution in [0.5, 0.6) is 0 Å². The maximum Gasteiger partial charge on any atom is 0.338 e. The first-order valence-electron chi connectivity index (χ1n) is 5.74. The zero-order valence-corrected chi connectivity index (χ0v) is 9.90. The van der Waals surface area contributed by atoms with Crippen molar-refractivity contribution in [3.05, 3.63) is 35.4 Å². The summed E-state index contributed by atoms with van der Waals surface area (Å²) in [5.74, 6) is -0.352. The number of hydrogen-bond donors (Lipinski definition) is 2. The zero-order valence-electron chi connectivity index (χ0n) is 9.90. The van der Waals surface area contributed by atoms with Crippen molar-refractivity contribution in [3.63, 3.8) is 0 Å². The fourth-order valence-electron chi connectivity index (χ4n) is 2.22. The second-order valence-corrected chi connectivity index (χ2v) is 4.48. The number of carbonyl (C=O) groups is 1. The summed E-state index contributed by atoms with van der Waals surface area (Å²) in [6, 6.07) is 7.26. The van der Waals surface area contributed by atoms with Gasteiger partial charge in [0, 0.05) is 13.0 Å². The number of esters is 1. The lowest BCUT2D eigenvalue weighted by molar-refractivity contribution is 0.0570. The molecule has 4 nitrogen and oxygen atoms in total. The van der Waals surface area contributed by atoms with Crippen molar-refractivity contribution < 1.29 is 14.6 Å². The maximum absolute atomic E-state index is 11.6. The number of hydrogen-bond acceptors (Lipinski definition) is 4. The highest BCUT2D eigenvalue weighted by atomic mass is 16.5. The van der Waals surface area contributed by atoms with E-state index in [1.165, 1.54) is 7.11 Å². The van der Waals surface area contributed by atoms with Gasteiger partial charge in [0.15, 0.2) is 0 Å². The van der Waals surface area contributed by atoms with E-state index in [1.807, 2.05) is 12.1 Å². The van der Waals surface area contributed by atoms with E-state index in [0.29, 0.717) is 24.9 Å². The van der Waals surface area contributed by atoms with Crippen molar-refractivity contribution in [1.82, 2.24) is 5.32 Å². The van der Waals surface area contributed by atoms with Crippen LogP contribution >= 0.6 is 0 Å². The van der Waals surface area contributed by atoms with Gasteiger partial charge in [-0.1, -0.05) is 18.2 Å². The van der Waals surface area contributed by atoms with Gasteiger partial charge in [0.25, 0.3) is 0 Å². The van der Waals surface area contributed by atoms with Crippen LogP contribution < -0.4 is 5.32 Å². The molecule has 1 aliphatic rings. The van der Waals surface area contributed by atoms with Gasteiger partial charge < -0.3 is 15.2 Å². The van der Waals surface area contributed by atoms with Crippen LogP contribution in [-0.2, 0) is 11.2 Å². The maximum atomic E-state index is 11.6. The molecule has 1 heterocycles. The van der Waals surface area contributed by atoms with E-state index < -0.39 is 5.60 Å². The first-order valence-corrected chi connectivity index (χ1v) is 5.74. The molecular weight excluding hydrogens is 218 g/mol. The van der Waals surface area contributed by atoms with Gasteiger partial charge in [0.1, 0.15) is 0 Å². The molecule has 0 spiro atoms. The Kier molecular flexibility index (Phi) is 3.45. The third-order valence-electron chi connectivity index (χ3n) is 3.16. The van der Waals surface area contributed by atoms with E-state index in [2.05, 4.69) is 5.32 Å². The molecular formula is C13H17NO3. The number of carbonyl (C=O) groups excluding carboxylic acids is 1. The van der Waals surface area contributed by atoms with Gasteiger partial charge in [-0.2, -0.15) is 0 Å². The molecule has 0 radical (unpaired) electrons. The molecule has 0 aliphatic carbocycles. The fraction of sp³-hybridized carbons (Fsp3) is 0.462. The third kappa shape index (κ3) is 2.65. The second kappa shape index (κ2) is 4.85. The van der Waals surface area contributed by atoms with Gasteiger partial charge in [-0.25, -0.2) is 4.79 Å². The first kappa shape index (κ1) is 12.1. The van der Waals surface area contributed by atoms with Crippen molar-refractivity contribution in [2.75, 3.05) is 20.2 Å². The molecule has 1 atom stereocenters. The topological polar surface area (TPSA) is 58.6 Å². The van der Waals surface area contributed by atoms with Crippen LogP contribution in [0.2, 0.25) is 0 Å². The van der Waals surface area contributed by atoms with Crippen LogP contribution in [-0.4, -0.2) is 36.9 Å². The molecule has 1 aromatic carbocycles. The summed E-state index contributed by atoms with van der Waals surface area (Å²) in [6.07, 6.45) is 1.19. The Bertz CT molecular complexity index is 411. The lowest BCUT2D eigenvalue weighted by atomic mass is 9.91. The van der Waals surface area contributed by atoms with Crippen molar-refractivity contribution in [1.29, 1.82) is 0 Å². The van der Waals surface area contributed by atoms with Gasteiger partial charge in [-0.3, -0.25) is 0 Å². The summed E-state index contributed by atoms with van der Waals surface area (Å²) < 4.78 is 4.74. The van der Waals surface area contributed by atoms with Crippen LogP contribution in [0.1, 0.15) is 22.3 Å². The summed E-state index contributed by atoms with van der Waals surface area (Å²) in [7, 11) is 1.37. The fourth-order valence-corrected chi connectivity index (χ4v) is 2.22. The number of ether oxygens (including phenoxy) is 1. The molecule has 17 heavy (non-hydrogen) atoms. The van der Waals surface area contributed by atoms with Crippen molar-refractivity contribution >= 4 is 5.97 Å². The van der Waals surface area contributed by atoms with Gasteiger partial charge in [0.2, 0.25) is 0 Å². The van der Waals surface area contributed by atoms with E-state index in [4.69, 9.17) is 4.74 Å². The molecule has 1 fully saturated rings. The molecule has 0 amide bonds. The summed E-state index contributed by atoms with van der Waals surface area (Å²) in [4.78, 5) is 11.6. The molecule has 0 saturated carbocycles. The molecule has 1 aliphatic heterocycles. The number of methoxy groups -OCH3 is 1. The third-order valence-corrected chi connectivity index (χ3v) is 3.16. The van der Waals surface area contributed by atoms with E-state index in [-0.39, 0.29) is 5.97 Å². The van der Waals surface area contributed by atoms with Crippen LogP contribution in [0.4, 0.5) is 0 Å². The van der Waals surface area contributed by atoms with E-state index in [0.717, 1.165) is 12.1 Å². The monoisotopic (exact) mass is 235 g/mol. The average Bonchev–Trinajstić information content (AvgIpc) is 2.75. The largest absolute Gasteiger partial charge is 0.465 e. The number of benzene rings is 1. The minimum absolute atomic E-state index is 0.352. The van der Waals surface area contributed by atoms with Gasteiger partial charge >= 0.3 is 5.97 Å². The molecule has 4 heteroatoms. The number of aliphatic hydroxyl groups is 1. The predicted octanol–water partition coefficient (Wildman–Crippen LogP) is 0.740. The van der Waals surface area contributed by atoms with Crippen LogP contribution in [0, 0.1) is 0 Å². The van der Waals surface area contributed by atoms with Gasteiger partial charge in [-0.05, 0) is 24.6 Å². The molecule has 0 bridgehead atoms. The predicted molar refractivity (Wildman–Crippen MR) is 63.9 cm³/mol. The molecule has 2 rings (SSSR count). The second-order valence-electron chi connectivity index (χ2n) is 4.48. The summed E-state index contributed by atoms with van der Waals surface area (Å²) in [5, 5.41) is 13.4. The minimum atomic E-state index is -0.746. The highest BCUT2D eigenvalue weighted by Gasteiger charge is 2.32. The Morgan fingerprint density at radius 3 is 2.94 bits per heavy atom. The lowest BCUT2D eigenvalue weighted by Crippen LogP contribution is -2.34. The Morgan fingerprint density at radius 1 is 1.53 bits per heavy atom. The van der Waals surface area contributed by atoms with Gasteiger partial charge in [-0.15, -0.1) is 0 Å². The lowest BCUT2D eigenvalue weighted by Gasteiger charge is -2.22. The first-order chi connectivity index (χ1) is 8.14. The average molecular weight is 235 g/mol. The van der Waals surface area contributed by atoms with Crippen molar-refractivity contribution in [3.8, 4) is 0 Å². The standard InChI is InChI=1S/C13H17NO3/c1-17-12(15)11-5-3-2-4-10(11)8-13(16)6-7-14-9-13/h2-5,14,16H,6-9H2,1H3. The molecule has 2 N–H and O–H groups in total. The zero-order chi connectivity index (χ0) is 12.3. The molecule has 92 valence electrons. The van der Waals surface area contributed by atoms with Crippen LogP contribution in [0.25, 0.3) is 0 Å². The Morgan fingerprint density at radius 2 is 2.29 bits per heavy atom. The van der Waals surface area contributed by atoms with Crippen LogP contribution in [0.3, 0.4) is 0 Å². The highest BCUT2D eigenvalue weighted by molar-refractivity contribution is 5.91. The van der Waals surface area contributed by atoms with E-state index in [1.54, 1.807) is 12.1 Å². The quantitative estimate of drug-likeness (QED) is 0.759. The summed E-state index contributed by atoms with van der Waals surface area (Å²) >= 11 is 0. The van der Waals surface area contributed by atoms with Crippen molar-refractivity contribution in [2.45, 2.75) is 18.4 Å². The Hall–Kier alpha value is -1.39. The van der Waals surface area contributed by atoms with Gasteiger partial charge in [0.05, 0.1) is 18.3 Å². The highest BCUT2D eigenvalue weighted by Crippen LogP contribution is 2.22. The Labute approximate surface area is 101 Å². The number of β-amino-alcohol motifs (C(OH)–C–C–N with tert-alkyl or cyclic N) is 1. The van der Waals surface area contributed by atoms with E-state index >= 15 is 0 Å². The smallest absolute Gasteiger partial charge is 0.338 e. The number of rotatable bonds is 3. The molecule has 0 aromatic heterocycles. The SMILES string of the molecule is COC(=O)c1ccccc1CC1(O)CCNC1. The molecule has 1 aromatic rings. The normalized spacial score (nSPS) is 23.6. The van der Waals surface area contributed by atoms with E-state index in [9.17, 15) is 9.90 Å². The Balaban J connectivity index is 2.23. The molecule has 1 saturated heterocycles. The van der Waals surface area contributed by atoms with Crippen LogP contribution in [0.15, 0.2) is 24.3 Å². The van der Waals surface area contributed by atoms with Crippen molar-refractivity contribution in [2.24, 2.45) is 0 Å². The molecule has 1 unspecified atom stereocenters.